The van der Waals surface area contributed by atoms with Gasteiger partial charge in [-0.05, 0) is 71.2 Å². The minimum absolute atomic E-state index is 0.235. The molecule has 0 aliphatic carbocycles. The summed E-state index contributed by atoms with van der Waals surface area (Å²) in [5.74, 6) is 0. The molecule has 0 unspecified atom stereocenters. The number of hydrogen-bond donors (Lipinski definition) is 0. The number of halogens is 2. The molecule has 2 rings (SSSR count). The molecule has 2 aromatic carbocycles. The largest absolute Gasteiger partial charge is 0.269 e. The maximum absolute atomic E-state index is 12.8. The molecule has 0 N–H and O–H groups in total. The fourth-order valence-corrected chi connectivity index (χ4v) is 4.73. The highest BCUT2D eigenvalue weighted by Crippen LogP contribution is 2.30. The standard InChI is InChI=1S/C15H15Br2NO2S/c1-10-6-11(2)8-13(7-10)18(3)21(19,20)15-9-12(16)4-5-14(15)17/h4-9H,1-3H3. The van der Waals surface area contributed by atoms with Gasteiger partial charge in [0.1, 0.15) is 4.90 Å². The molecular formula is C15H15Br2NO2S. The molecule has 0 heterocycles. The Hall–Kier alpha value is -0.850. The summed E-state index contributed by atoms with van der Waals surface area (Å²) in [5, 5.41) is 0. The number of nitrogens with zero attached hydrogens (tertiary/aromatic N) is 1. The van der Waals surface area contributed by atoms with Crippen LogP contribution in [-0.2, 0) is 10.0 Å². The third-order valence-electron chi connectivity index (χ3n) is 3.10. The Kier molecular flexibility index (Phi) is 4.80. The Morgan fingerprint density at radius 1 is 0.952 bits per heavy atom. The summed E-state index contributed by atoms with van der Waals surface area (Å²) >= 11 is 6.62. The zero-order chi connectivity index (χ0) is 15.8. The lowest BCUT2D eigenvalue weighted by Gasteiger charge is -2.21. The normalized spacial score (nSPS) is 11.5. The molecule has 0 fully saturated rings. The molecule has 3 nitrogen and oxygen atoms in total. The van der Waals surface area contributed by atoms with Gasteiger partial charge in [-0.1, -0.05) is 22.0 Å². The van der Waals surface area contributed by atoms with Crippen molar-refractivity contribution in [2.75, 3.05) is 11.4 Å². The van der Waals surface area contributed by atoms with Gasteiger partial charge >= 0.3 is 0 Å². The molecule has 0 spiro atoms. The second kappa shape index (κ2) is 6.10. The predicted molar refractivity (Wildman–Crippen MR) is 93.3 cm³/mol. The molecule has 0 saturated carbocycles. The quantitative estimate of drug-likeness (QED) is 0.707. The van der Waals surface area contributed by atoms with Gasteiger partial charge < -0.3 is 0 Å². The Bertz CT molecular complexity index is 768. The lowest BCUT2D eigenvalue weighted by atomic mass is 10.1. The number of anilines is 1. The first-order chi connectivity index (χ1) is 9.71. The third kappa shape index (κ3) is 3.49. The molecule has 0 amide bonds. The molecule has 0 aliphatic rings. The van der Waals surface area contributed by atoms with Gasteiger partial charge in [0.05, 0.1) is 5.69 Å². The van der Waals surface area contributed by atoms with Crippen LogP contribution in [-0.4, -0.2) is 15.5 Å². The molecule has 6 heteroatoms. The number of hydrogen-bond acceptors (Lipinski definition) is 2. The van der Waals surface area contributed by atoms with Gasteiger partial charge in [-0.15, -0.1) is 0 Å². The summed E-state index contributed by atoms with van der Waals surface area (Å²) in [5.41, 5.74) is 2.71. The molecular weight excluding hydrogens is 418 g/mol. The zero-order valence-corrected chi connectivity index (χ0v) is 15.9. The van der Waals surface area contributed by atoms with E-state index in [1.54, 1.807) is 25.2 Å². The fraction of sp³-hybridized carbons (Fsp3) is 0.200. The van der Waals surface area contributed by atoms with E-state index in [9.17, 15) is 8.42 Å². The first kappa shape index (κ1) is 16.5. The van der Waals surface area contributed by atoms with Crippen LogP contribution in [0.15, 0.2) is 50.2 Å². The van der Waals surface area contributed by atoms with Crippen LogP contribution in [0.4, 0.5) is 5.69 Å². The van der Waals surface area contributed by atoms with Crippen molar-refractivity contribution in [3.8, 4) is 0 Å². The molecule has 21 heavy (non-hydrogen) atoms. The smallest absolute Gasteiger partial charge is 0.265 e. The van der Waals surface area contributed by atoms with E-state index in [2.05, 4.69) is 31.9 Å². The van der Waals surface area contributed by atoms with Crippen molar-refractivity contribution in [3.63, 3.8) is 0 Å². The van der Waals surface area contributed by atoms with Crippen LogP contribution in [0.2, 0.25) is 0 Å². The van der Waals surface area contributed by atoms with Gasteiger partial charge in [0.15, 0.2) is 0 Å². The average Bonchev–Trinajstić information content (AvgIpc) is 2.39. The summed E-state index contributed by atoms with van der Waals surface area (Å²) in [6.45, 7) is 3.90. The fourth-order valence-electron chi connectivity index (χ4n) is 2.09. The van der Waals surface area contributed by atoms with Crippen molar-refractivity contribution in [3.05, 3.63) is 56.5 Å². The van der Waals surface area contributed by atoms with Crippen LogP contribution in [0, 0.1) is 13.8 Å². The molecule has 0 saturated heterocycles. The van der Waals surface area contributed by atoms with Gasteiger partial charge in [0.25, 0.3) is 10.0 Å². The second-order valence-corrected chi connectivity index (χ2v) is 8.60. The van der Waals surface area contributed by atoms with Gasteiger partial charge in [0.2, 0.25) is 0 Å². The van der Waals surface area contributed by atoms with Crippen molar-refractivity contribution in [2.24, 2.45) is 0 Å². The van der Waals surface area contributed by atoms with Crippen LogP contribution < -0.4 is 4.31 Å². The van der Waals surface area contributed by atoms with Crippen LogP contribution in [0.25, 0.3) is 0 Å². The third-order valence-corrected chi connectivity index (χ3v) is 6.37. The molecule has 0 aliphatic heterocycles. The van der Waals surface area contributed by atoms with Gasteiger partial charge in [-0.2, -0.15) is 0 Å². The Morgan fingerprint density at radius 3 is 2.10 bits per heavy atom. The van der Waals surface area contributed by atoms with Crippen molar-refractivity contribution < 1.29 is 8.42 Å². The van der Waals surface area contributed by atoms with Crippen LogP contribution in [0.1, 0.15) is 11.1 Å². The average molecular weight is 433 g/mol. The minimum atomic E-state index is -3.62. The molecule has 112 valence electrons. The van der Waals surface area contributed by atoms with E-state index in [1.807, 2.05) is 32.0 Å². The lowest BCUT2D eigenvalue weighted by molar-refractivity contribution is 0.594. The first-order valence-corrected chi connectivity index (χ1v) is 9.26. The van der Waals surface area contributed by atoms with E-state index in [4.69, 9.17) is 0 Å². The minimum Gasteiger partial charge on any atom is -0.269 e. The van der Waals surface area contributed by atoms with Gasteiger partial charge in [-0.25, -0.2) is 8.42 Å². The van der Waals surface area contributed by atoms with E-state index in [-0.39, 0.29) is 4.90 Å². The SMILES string of the molecule is Cc1cc(C)cc(N(C)S(=O)(=O)c2cc(Br)ccc2Br)c1. The van der Waals surface area contributed by atoms with Crippen molar-refractivity contribution in [2.45, 2.75) is 18.7 Å². The van der Waals surface area contributed by atoms with Crippen molar-refractivity contribution >= 4 is 47.6 Å². The summed E-state index contributed by atoms with van der Waals surface area (Å²) in [4.78, 5) is 0.235. The Labute approximate surface area is 142 Å². The van der Waals surface area contributed by atoms with Gasteiger partial charge in [-0.3, -0.25) is 4.31 Å². The molecule has 2 aromatic rings. The number of rotatable bonds is 3. The van der Waals surface area contributed by atoms with Gasteiger partial charge in [0, 0.05) is 16.0 Å². The topological polar surface area (TPSA) is 37.4 Å². The van der Waals surface area contributed by atoms with Crippen molar-refractivity contribution in [1.82, 2.24) is 0 Å². The molecule has 0 aromatic heterocycles. The number of sulfonamides is 1. The van der Waals surface area contributed by atoms with E-state index in [0.29, 0.717) is 10.2 Å². The maximum Gasteiger partial charge on any atom is 0.265 e. The summed E-state index contributed by atoms with van der Waals surface area (Å²) in [6, 6.07) is 10.8. The first-order valence-electron chi connectivity index (χ1n) is 6.24. The highest BCUT2D eigenvalue weighted by molar-refractivity contribution is 9.11. The highest BCUT2D eigenvalue weighted by Gasteiger charge is 2.24. The summed E-state index contributed by atoms with van der Waals surface area (Å²) in [6.07, 6.45) is 0. The van der Waals surface area contributed by atoms with Crippen LogP contribution in [0.5, 0.6) is 0 Å². The molecule has 0 bridgehead atoms. The van der Waals surface area contributed by atoms with E-state index in [1.165, 1.54) is 4.31 Å². The summed E-state index contributed by atoms with van der Waals surface area (Å²) in [7, 11) is -2.06. The van der Waals surface area contributed by atoms with E-state index in [0.717, 1.165) is 15.6 Å². The Morgan fingerprint density at radius 2 is 1.52 bits per heavy atom. The molecule has 0 radical (unpaired) electrons. The van der Waals surface area contributed by atoms with Crippen LogP contribution in [0.3, 0.4) is 0 Å². The predicted octanol–water partition coefficient (Wildman–Crippen LogP) is 4.65. The summed E-state index contributed by atoms with van der Waals surface area (Å²) < 4.78 is 28.2. The Balaban J connectivity index is 2.55. The monoisotopic (exact) mass is 431 g/mol. The highest BCUT2D eigenvalue weighted by atomic mass is 79.9. The maximum atomic E-state index is 12.8. The van der Waals surface area contributed by atoms with Crippen LogP contribution >= 0.6 is 31.9 Å². The molecule has 0 atom stereocenters. The van der Waals surface area contributed by atoms with E-state index >= 15 is 0 Å². The zero-order valence-electron chi connectivity index (χ0n) is 11.9. The second-order valence-electron chi connectivity index (χ2n) is 4.89. The number of benzene rings is 2. The van der Waals surface area contributed by atoms with Crippen molar-refractivity contribution in [1.29, 1.82) is 0 Å². The lowest BCUT2D eigenvalue weighted by Crippen LogP contribution is -2.27. The number of aryl methyl sites for hydroxylation is 2. The van der Waals surface area contributed by atoms with E-state index < -0.39 is 10.0 Å².